The first-order chi connectivity index (χ1) is 13.4. The molecule has 0 radical (unpaired) electrons. The minimum absolute atomic E-state index is 0.0663. The van der Waals surface area contributed by atoms with Gasteiger partial charge in [-0.05, 0) is 49.6 Å². The van der Waals surface area contributed by atoms with Crippen molar-refractivity contribution < 1.29 is 13.2 Å². The fourth-order valence-corrected chi connectivity index (χ4v) is 4.76. The van der Waals surface area contributed by atoms with Gasteiger partial charge >= 0.3 is 0 Å². The van der Waals surface area contributed by atoms with Gasteiger partial charge in [0.25, 0.3) is 15.9 Å². The minimum Gasteiger partial charge on any atom is -0.370 e. The number of anilines is 2. The molecule has 1 saturated heterocycles. The van der Waals surface area contributed by atoms with E-state index in [1.807, 2.05) is 12.1 Å². The number of amidine groups is 1. The van der Waals surface area contributed by atoms with Gasteiger partial charge in [0.1, 0.15) is 0 Å². The van der Waals surface area contributed by atoms with Crippen LogP contribution >= 0.6 is 11.6 Å². The van der Waals surface area contributed by atoms with Crippen molar-refractivity contribution in [2.45, 2.75) is 19.3 Å². The number of amides is 1. The number of carbonyl (C=O) groups is 1. The molecule has 0 spiro atoms. The molecule has 148 valence electrons. The number of piperidine rings is 1. The van der Waals surface area contributed by atoms with E-state index in [1.165, 1.54) is 6.42 Å². The Kier molecular flexibility index (Phi) is 5.16. The van der Waals surface area contributed by atoms with E-state index in [0.717, 1.165) is 31.6 Å². The second-order valence-corrected chi connectivity index (χ2v) is 9.17. The van der Waals surface area contributed by atoms with Crippen LogP contribution in [0.4, 0.5) is 11.4 Å². The van der Waals surface area contributed by atoms with Crippen LogP contribution in [-0.4, -0.2) is 50.4 Å². The van der Waals surface area contributed by atoms with E-state index >= 15 is 0 Å². The topological polar surface area (TPSA) is 82.1 Å². The molecule has 0 saturated carbocycles. The fraction of sp³-hybridized carbons (Fsp3) is 0.368. The number of nitrogens with one attached hydrogen (secondary N) is 1. The molecule has 28 heavy (non-hydrogen) atoms. The Balaban J connectivity index is 1.63. The predicted octanol–water partition coefficient (Wildman–Crippen LogP) is 2.77. The molecule has 4 rings (SSSR count). The van der Waals surface area contributed by atoms with Gasteiger partial charge in [-0.15, -0.1) is 4.40 Å². The summed E-state index contributed by atoms with van der Waals surface area (Å²) in [6.07, 6.45) is 8.44. The van der Waals surface area contributed by atoms with Crippen molar-refractivity contribution in [1.29, 1.82) is 0 Å². The Bertz CT molecular complexity index is 994. The Morgan fingerprint density at radius 3 is 2.71 bits per heavy atom. The number of hydrogen-bond acceptors (Lipinski definition) is 5. The van der Waals surface area contributed by atoms with Gasteiger partial charge < -0.3 is 15.1 Å². The van der Waals surface area contributed by atoms with Crippen LogP contribution in [0.1, 0.15) is 19.3 Å². The second-order valence-electron chi connectivity index (χ2n) is 6.98. The predicted molar refractivity (Wildman–Crippen MR) is 111 cm³/mol. The third kappa shape index (κ3) is 3.93. The Morgan fingerprint density at radius 1 is 1.14 bits per heavy atom. The van der Waals surface area contributed by atoms with Crippen molar-refractivity contribution in [2.75, 3.05) is 35.6 Å². The third-order valence-electron chi connectivity index (χ3n) is 5.01. The molecule has 0 atom stereocenters. The first-order valence-electron chi connectivity index (χ1n) is 9.27. The lowest BCUT2D eigenvalue weighted by atomic mass is 10.1. The molecule has 0 unspecified atom stereocenters. The van der Waals surface area contributed by atoms with Gasteiger partial charge in [-0.1, -0.05) is 11.6 Å². The number of fused-ring (bicyclic) bond motifs is 1. The molecule has 1 fully saturated rings. The molecule has 1 N–H and O–H groups in total. The zero-order valence-electron chi connectivity index (χ0n) is 15.3. The zero-order chi connectivity index (χ0) is 19.7. The molecule has 0 bridgehead atoms. The van der Waals surface area contributed by atoms with Crippen LogP contribution in [0.3, 0.4) is 0 Å². The number of allylic oxidation sites excluding steroid dienone is 2. The number of nitrogens with zero attached hydrogens (tertiary/aromatic N) is 3. The van der Waals surface area contributed by atoms with Gasteiger partial charge in [0.2, 0.25) is 0 Å². The lowest BCUT2D eigenvalue weighted by Gasteiger charge is -2.31. The standard InChI is InChI=1S/C19H21ClN4O3S/c20-14-6-7-17(23-8-2-1-3-9-23)16(13-14)21-19(25)15-5-4-10-24-11-12-28(26,27)22-18(15)24/h4-7,10,13H,1-3,8-9,11-12H2,(H,21,25). The lowest BCUT2D eigenvalue weighted by Crippen LogP contribution is -2.41. The summed E-state index contributed by atoms with van der Waals surface area (Å²) in [5.74, 6) is -0.318. The lowest BCUT2D eigenvalue weighted by molar-refractivity contribution is -0.112. The van der Waals surface area contributed by atoms with Crippen LogP contribution in [0.25, 0.3) is 0 Å². The fourth-order valence-electron chi connectivity index (χ4n) is 3.60. The normalized spacial score (nSPS) is 20.9. The van der Waals surface area contributed by atoms with Crippen LogP contribution in [0, 0.1) is 0 Å². The zero-order valence-corrected chi connectivity index (χ0v) is 16.8. The molecule has 7 nitrogen and oxygen atoms in total. The molecule has 0 aromatic heterocycles. The number of hydrogen-bond donors (Lipinski definition) is 1. The molecule has 0 aliphatic carbocycles. The van der Waals surface area contributed by atoms with E-state index in [4.69, 9.17) is 11.6 Å². The van der Waals surface area contributed by atoms with E-state index in [1.54, 1.807) is 29.3 Å². The maximum absolute atomic E-state index is 13.0. The Labute approximate surface area is 169 Å². The maximum Gasteiger partial charge on any atom is 0.259 e. The van der Waals surface area contributed by atoms with Crippen LogP contribution in [0.15, 0.2) is 46.5 Å². The van der Waals surface area contributed by atoms with Crippen molar-refractivity contribution in [3.8, 4) is 0 Å². The van der Waals surface area contributed by atoms with Crippen LogP contribution in [-0.2, 0) is 14.8 Å². The monoisotopic (exact) mass is 420 g/mol. The highest BCUT2D eigenvalue weighted by Gasteiger charge is 2.30. The van der Waals surface area contributed by atoms with Gasteiger partial charge in [-0.3, -0.25) is 4.79 Å². The van der Waals surface area contributed by atoms with Gasteiger partial charge in [0.15, 0.2) is 5.84 Å². The highest BCUT2D eigenvalue weighted by Crippen LogP contribution is 2.32. The SMILES string of the molecule is O=C(Nc1cc(Cl)ccc1N1CCCCC1)C1=CC=CN2CCS(=O)(=O)N=C12. The number of halogens is 1. The first kappa shape index (κ1) is 19.0. The van der Waals surface area contributed by atoms with Crippen LogP contribution < -0.4 is 10.2 Å². The van der Waals surface area contributed by atoms with E-state index in [2.05, 4.69) is 14.6 Å². The Hall–Kier alpha value is -2.32. The molecular formula is C19H21ClN4O3S. The first-order valence-corrected chi connectivity index (χ1v) is 11.3. The summed E-state index contributed by atoms with van der Waals surface area (Å²) >= 11 is 6.17. The number of carbonyl (C=O) groups excluding carboxylic acids is 1. The number of benzene rings is 1. The molecule has 1 aromatic rings. The minimum atomic E-state index is -3.56. The molecule has 1 amide bonds. The largest absolute Gasteiger partial charge is 0.370 e. The van der Waals surface area contributed by atoms with Gasteiger partial charge in [-0.25, -0.2) is 8.42 Å². The van der Waals surface area contributed by atoms with Crippen molar-refractivity contribution in [3.05, 3.63) is 47.1 Å². The molecular weight excluding hydrogens is 400 g/mol. The summed E-state index contributed by atoms with van der Waals surface area (Å²) in [4.78, 5) is 16.9. The Morgan fingerprint density at radius 2 is 1.93 bits per heavy atom. The summed E-state index contributed by atoms with van der Waals surface area (Å²) in [6.45, 7) is 2.13. The van der Waals surface area contributed by atoms with E-state index < -0.39 is 15.9 Å². The summed E-state index contributed by atoms with van der Waals surface area (Å²) < 4.78 is 27.6. The average molecular weight is 421 g/mol. The van der Waals surface area contributed by atoms with E-state index in [0.29, 0.717) is 10.7 Å². The molecule has 3 aliphatic rings. The summed E-state index contributed by atoms with van der Waals surface area (Å²) in [5, 5.41) is 3.43. The van der Waals surface area contributed by atoms with Gasteiger partial charge in [-0.2, -0.15) is 0 Å². The molecule has 3 heterocycles. The van der Waals surface area contributed by atoms with Crippen molar-refractivity contribution in [3.63, 3.8) is 0 Å². The summed E-state index contributed by atoms with van der Waals surface area (Å²) in [5.41, 5.74) is 1.75. The highest BCUT2D eigenvalue weighted by atomic mass is 35.5. The van der Waals surface area contributed by atoms with Crippen LogP contribution in [0.2, 0.25) is 5.02 Å². The van der Waals surface area contributed by atoms with E-state index in [-0.39, 0.29) is 23.7 Å². The molecule has 3 aliphatic heterocycles. The molecule has 1 aromatic carbocycles. The van der Waals surface area contributed by atoms with Crippen LogP contribution in [0.5, 0.6) is 0 Å². The van der Waals surface area contributed by atoms with E-state index in [9.17, 15) is 13.2 Å². The second kappa shape index (κ2) is 7.60. The van der Waals surface area contributed by atoms with Crippen molar-refractivity contribution >= 4 is 44.7 Å². The maximum atomic E-state index is 13.0. The molecule has 9 heteroatoms. The summed E-state index contributed by atoms with van der Waals surface area (Å²) in [6, 6.07) is 5.44. The quantitative estimate of drug-likeness (QED) is 0.813. The number of sulfonamides is 1. The van der Waals surface area contributed by atoms with Crippen molar-refractivity contribution in [2.24, 2.45) is 4.40 Å². The highest BCUT2D eigenvalue weighted by molar-refractivity contribution is 7.90. The average Bonchev–Trinajstić information content (AvgIpc) is 2.67. The van der Waals surface area contributed by atoms with Crippen molar-refractivity contribution in [1.82, 2.24) is 4.90 Å². The van der Waals surface area contributed by atoms with Gasteiger partial charge in [0.05, 0.1) is 22.7 Å². The van der Waals surface area contributed by atoms with Gasteiger partial charge in [0, 0.05) is 30.9 Å². The smallest absolute Gasteiger partial charge is 0.259 e. The summed E-state index contributed by atoms with van der Waals surface area (Å²) in [7, 11) is -3.56. The third-order valence-corrected chi connectivity index (χ3v) is 6.39. The number of rotatable bonds is 3.